The summed E-state index contributed by atoms with van der Waals surface area (Å²) in [7, 11) is 0. The van der Waals surface area contributed by atoms with E-state index < -0.39 is 17.6 Å². The zero-order chi connectivity index (χ0) is 18.9. The lowest BCUT2D eigenvalue weighted by Crippen LogP contribution is -2.15. The van der Waals surface area contributed by atoms with Crippen molar-refractivity contribution in [2.75, 3.05) is 0 Å². The summed E-state index contributed by atoms with van der Waals surface area (Å²) in [6.07, 6.45) is 11.8. The molecule has 0 amide bonds. The van der Waals surface area contributed by atoms with Gasteiger partial charge >= 0.3 is 5.97 Å². The Labute approximate surface area is 156 Å². The van der Waals surface area contributed by atoms with Gasteiger partial charge in [0.1, 0.15) is 0 Å². The first-order valence-electron chi connectivity index (χ1n) is 10.2. The molecule has 0 heterocycles. The summed E-state index contributed by atoms with van der Waals surface area (Å²) in [5.41, 5.74) is 0.379. The van der Waals surface area contributed by atoms with Gasteiger partial charge < -0.3 is 4.74 Å². The molecule has 0 spiro atoms. The maximum atomic E-state index is 14.2. The smallest absolute Gasteiger partial charge is 0.311 e. The molecule has 1 aromatic rings. The van der Waals surface area contributed by atoms with Crippen molar-refractivity contribution in [2.24, 2.45) is 11.8 Å². The van der Waals surface area contributed by atoms with E-state index in [0.29, 0.717) is 17.9 Å². The summed E-state index contributed by atoms with van der Waals surface area (Å²) < 4.78 is 33.1. The van der Waals surface area contributed by atoms with E-state index in [1.807, 2.05) is 0 Å². The van der Waals surface area contributed by atoms with Gasteiger partial charge in [-0.2, -0.15) is 4.39 Å². The summed E-state index contributed by atoms with van der Waals surface area (Å²) >= 11 is 0. The Bertz CT molecular complexity index is 578. The van der Waals surface area contributed by atoms with Crippen LogP contribution in [0.25, 0.3) is 0 Å². The Morgan fingerprint density at radius 1 is 1.00 bits per heavy atom. The van der Waals surface area contributed by atoms with Crippen LogP contribution in [0.2, 0.25) is 0 Å². The molecule has 146 valence electrons. The van der Waals surface area contributed by atoms with Gasteiger partial charge in [0, 0.05) is 6.42 Å². The molecule has 2 rings (SSSR count). The quantitative estimate of drug-likeness (QED) is 0.280. The van der Waals surface area contributed by atoms with Gasteiger partial charge in [0.2, 0.25) is 5.82 Å². The highest BCUT2D eigenvalue weighted by Gasteiger charge is 2.22. The highest BCUT2D eigenvalue weighted by atomic mass is 19.2. The van der Waals surface area contributed by atoms with Crippen LogP contribution in [0.3, 0.4) is 0 Å². The fourth-order valence-electron chi connectivity index (χ4n) is 3.89. The Balaban J connectivity index is 1.81. The van der Waals surface area contributed by atoms with E-state index in [-0.39, 0.29) is 12.2 Å². The molecular formula is C22H32F2O2. The third-order valence-corrected chi connectivity index (χ3v) is 5.64. The van der Waals surface area contributed by atoms with Gasteiger partial charge in [0.25, 0.3) is 0 Å². The van der Waals surface area contributed by atoms with Crippen molar-refractivity contribution < 1.29 is 18.3 Å². The molecule has 0 bridgehead atoms. The highest BCUT2D eigenvalue weighted by Crippen LogP contribution is 2.35. The molecule has 1 aliphatic carbocycles. The standard InChI is InChI=1S/C22H32F2O2/c1-3-5-6-7-16-8-10-17(11-9-16)12-13-18-14-15-19(22(24)21(18)23)26-20(25)4-2/h14-17H,3-13H2,1-2H3. The number of unbranched alkanes of at least 4 members (excludes halogenated alkanes) is 2. The lowest BCUT2D eigenvalue weighted by molar-refractivity contribution is -0.134. The van der Waals surface area contributed by atoms with Gasteiger partial charge in [-0.25, -0.2) is 4.39 Å². The molecular weight excluding hydrogens is 334 g/mol. The van der Waals surface area contributed by atoms with Crippen molar-refractivity contribution in [3.63, 3.8) is 0 Å². The molecule has 4 heteroatoms. The largest absolute Gasteiger partial charge is 0.423 e. The average molecular weight is 366 g/mol. The van der Waals surface area contributed by atoms with Gasteiger partial charge in [-0.1, -0.05) is 71.3 Å². The summed E-state index contributed by atoms with van der Waals surface area (Å²) in [5.74, 6) is -1.34. The van der Waals surface area contributed by atoms with Crippen LogP contribution in [0.15, 0.2) is 12.1 Å². The Morgan fingerprint density at radius 3 is 2.27 bits per heavy atom. The van der Waals surface area contributed by atoms with Crippen molar-refractivity contribution in [1.82, 2.24) is 0 Å². The van der Waals surface area contributed by atoms with Crippen LogP contribution in [0, 0.1) is 23.5 Å². The molecule has 1 aromatic carbocycles. The van der Waals surface area contributed by atoms with E-state index >= 15 is 0 Å². The second-order valence-corrected chi connectivity index (χ2v) is 7.60. The van der Waals surface area contributed by atoms with E-state index in [4.69, 9.17) is 4.74 Å². The first-order chi connectivity index (χ1) is 12.5. The normalized spacial score (nSPS) is 20.2. The van der Waals surface area contributed by atoms with Crippen molar-refractivity contribution in [3.05, 3.63) is 29.3 Å². The number of hydrogen-bond acceptors (Lipinski definition) is 2. The number of carbonyl (C=O) groups excluding carboxylic acids is 1. The first-order valence-corrected chi connectivity index (χ1v) is 10.2. The number of carbonyl (C=O) groups is 1. The summed E-state index contributed by atoms with van der Waals surface area (Å²) in [5, 5.41) is 0. The van der Waals surface area contributed by atoms with Crippen molar-refractivity contribution in [2.45, 2.75) is 84.5 Å². The van der Waals surface area contributed by atoms with Crippen LogP contribution >= 0.6 is 0 Å². The topological polar surface area (TPSA) is 26.3 Å². The molecule has 0 radical (unpaired) electrons. The second-order valence-electron chi connectivity index (χ2n) is 7.60. The van der Waals surface area contributed by atoms with Crippen molar-refractivity contribution >= 4 is 5.97 Å². The van der Waals surface area contributed by atoms with E-state index in [9.17, 15) is 13.6 Å². The third kappa shape index (κ3) is 6.07. The lowest BCUT2D eigenvalue weighted by atomic mass is 9.78. The van der Waals surface area contributed by atoms with Crippen LogP contribution in [0.4, 0.5) is 8.78 Å². The third-order valence-electron chi connectivity index (χ3n) is 5.64. The number of benzene rings is 1. The maximum absolute atomic E-state index is 14.2. The Morgan fingerprint density at radius 2 is 1.65 bits per heavy atom. The monoisotopic (exact) mass is 366 g/mol. The number of aryl methyl sites for hydroxylation is 1. The van der Waals surface area contributed by atoms with Gasteiger partial charge in [0.05, 0.1) is 0 Å². The molecule has 1 fully saturated rings. The molecule has 1 saturated carbocycles. The van der Waals surface area contributed by atoms with E-state index in [0.717, 1.165) is 12.3 Å². The molecule has 26 heavy (non-hydrogen) atoms. The molecule has 0 saturated heterocycles. The molecule has 0 aliphatic heterocycles. The van der Waals surface area contributed by atoms with Crippen molar-refractivity contribution in [3.8, 4) is 5.75 Å². The zero-order valence-electron chi connectivity index (χ0n) is 16.2. The Hall–Kier alpha value is -1.45. The van der Waals surface area contributed by atoms with Crippen LogP contribution < -0.4 is 4.74 Å². The van der Waals surface area contributed by atoms with E-state index in [2.05, 4.69) is 6.92 Å². The fourth-order valence-corrected chi connectivity index (χ4v) is 3.89. The number of ether oxygens (including phenoxy) is 1. The number of rotatable bonds is 9. The van der Waals surface area contributed by atoms with Gasteiger partial charge in [-0.05, 0) is 36.3 Å². The van der Waals surface area contributed by atoms with Crippen LogP contribution in [0.1, 0.15) is 83.6 Å². The summed E-state index contributed by atoms with van der Waals surface area (Å²) in [4.78, 5) is 11.3. The first kappa shape index (κ1) is 20.9. The molecule has 0 aromatic heterocycles. The molecule has 0 N–H and O–H groups in total. The molecule has 0 atom stereocenters. The SMILES string of the molecule is CCCCCC1CCC(CCc2ccc(OC(=O)CC)c(F)c2F)CC1. The highest BCUT2D eigenvalue weighted by molar-refractivity contribution is 5.72. The predicted molar refractivity (Wildman–Crippen MR) is 100 cm³/mol. The fraction of sp³-hybridized carbons (Fsp3) is 0.682. The number of esters is 1. The van der Waals surface area contributed by atoms with Gasteiger partial charge in [0.15, 0.2) is 11.6 Å². The molecule has 2 nitrogen and oxygen atoms in total. The number of hydrogen-bond donors (Lipinski definition) is 0. The zero-order valence-corrected chi connectivity index (χ0v) is 16.2. The van der Waals surface area contributed by atoms with Crippen LogP contribution in [-0.2, 0) is 11.2 Å². The van der Waals surface area contributed by atoms with E-state index in [1.165, 1.54) is 57.4 Å². The van der Waals surface area contributed by atoms with E-state index in [1.54, 1.807) is 13.0 Å². The van der Waals surface area contributed by atoms with Gasteiger partial charge in [-0.3, -0.25) is 4.79 Å². The average Bonchev–Trinajstić information content (AvgIpc) is 2.66. The lowest BCUT2D eigenvalue weighted by Gasteiger charge is -2.28. The van der Waals surface area contributed by atoms with Crippen LogP contribution in [-0.4, -0.2) is 5.97 Å². The molecule has 0 unspecified atom stereocenters. The Kier molecular flexibility index (Phi) is 8.53. The summed E-state index contributed by atoms with van der Waals surface area (Å²) in [6, 6.07) is 2.92. The predicted octanol–water partition coefficient (Wildman–Crippen LogP) is 6.60. The molecule has 1 aliphatic rings. The minimum absolute atomic E-state index is 0.129. The summed E-state index contributed by atoms with van der Waals surface area (Å²) in [6.45, 7) is 3.85. The second kappa shape index (κ2) is 10.6. The van der Waals surface area contributed by atoms with Gasteiger partial charge in [-0.15, -0.1) is 0 Å². The van der Waals surface area contributed by atoms with Crippen molar-refractivity contribution in [1.29, 1.82) is 0 Å². The number of halogens is 2. The minimum Gasteiger partial charge on any atom is -0.423 e. The maximum Gasteiger partial charge on any atom is 0.311 e. The minimum atomic E-state index is -1.05. The van der Waals surface area contributed by atoms with Crippen LogP contribution in [0.5, 0.6) is 5.75 Å².